The van der Waals surface area contributed by atoms with E-state index in [4.69, 9.17) is 18.0 Å². The molecule has 0 spiro atoms. The molecule has 0 saturated carbocycles. The Bertz CT molecular complexity index is 548. The maximum atomic E-state index is 5.56. The Morgan fingerprint density at radius 2 is 2.28 bits per heavy atom. The van der Waals surface area contributed by atoms with Crippen molar-refractivity contribution in [1.82, 2.24) is 14.6 Å². The number of anilines is 1. The fraction of sp³-hybridized carbons (Fsp3) is 0.417. The third kappa shape index (κ3) is 2.76. The molecule has 5 nitrogen and oxygen atoms in total. The van der Waals surface area contributed by atoms with Gasteiger partial charge in [-0.1, -0.05) is 12.2 Å². The van der Waals surface area contributed by atoms with Crippen LogP contribution in [0.1, 0.15) is 20.3 Å². The molecule has 2 aromatic heterocycles. The predicted octanol–water partition coefficient (Wildman–Crippen LogP) is 1.62. The lowest BCUT2D eigenvalue weighted by molar-refractivity contribution is 0.680. The third-order valence-corrected chi connectivity index (χ3v) is 2.96. The largest absolute Gasteiger partial charge is 0.393 e. The zero-order chi connectivity index (χ0) is 13.1. The van der Waals surface area contributed by atoms with Crippen LogP contribution in [0.2, 0.25) is 0 Å². The van der Waals surface area contributed by atoms with E-state index in [-0.39, 0.29) is 0 Å². The Kier molecular flexibility index (Phi) is 3.76. The molecule has 0 fully saturated rings. The fourth-order valence-corrected chi connectivity index (χ4v) is 1.92. The quantitative estimate of drug-likeness (QED) is 0.831. The molecule has 0 aliphatic carbocycles. The van der Waals surface area contributed by atoms with Crippen LogP contribution in [0, 0.1) is 0 Å². The Labute approximate surface area is 112 Å². The molecule has 0 saturated heterocycles. The van der Waals surface area contributed by atoms with Crippen molar-refractivity contribution in [3.8, 4) is 0 Å². The first kappa shape index (κ1) is 12.8. The lowest BCUT2D eigenvalue weighted by Crippen LogP contribution is -2.34. The second-order valence-electron chi connectivity index (χ2n) is 4.42. The van der Waals surface area contributed by atoms with Gasteiger partial charge in [-0.25, -0.2) is 9.50 Å². The van der Waals surface area contributed by atoms with E-state index in [0.29, 0.717) is 17.5 Å². The van der Waals surface area contributed by atoms with Gasteiger partial charge in [0, 0.05) is 31.3 Å². The Morgan fingerprint density at radius 3 is 2.94 bits per heavy atom. The minimum atomic E-state index is 0.345. The molecule has 18 heavy (non-hydrogen) atoms. The molecular formula is C12H17N5S. The van der Waals surface area contributed by atoms with Crippen LogP contribution in [-0.4, -0.2) is 32.2 Å². The predicted molar refractivity (Wildman–Crippen MR) is 76.9 cm³/mol. The van der Waals surface area contributed by atoms with E-state index in [9.17, 15) is 0 Å². The topological polar surface area (TPSA) is 59.5 Å². The van der Waals surface area contributed by atoms with E-state index in [1.807, 2.05) is 18.3 Å². The van der Waals surface area contributed by atoms with Crippen LogP contribution in [0.15, 0.2) is 24.5 Å². The van der Waals surface area contributed by atoms with Gasteiger partial charge in [0.2, 0.25) is 0 Å². The number of fused-ring (bicyclic) bond motifs is 1. The normalized spacial score (nSPS) is 11.1. The van der Waals surface area contributed by atoms with Crippen molar-refractivity contribution in [3.05, 3.63) is 24.5 Å². The molecule has 6 heteroatoms. The van der Waals surface area contributed by atoms with Crippen molar-refractivity contribution >= 4 is 28.7 Å². The average Bonchev–Trinajstić information content (AvgIpc) is 2.75. The van der Waals surface area contributed by atoms with E-state index in [2.05, 4.69) is 28.8 Å². The van der Waals surface area contributed by atoms with Crippen molar-refractivity contribution in [1.29, 1.82) is 0 Å². The van der Waals surface area contributed by atoms with Crippen LogP contribution < -0.4 is 10.6 Å². The molecule has 2 heterocycles. The Hall–Kier alpha value is -1.69. The molecule has 0 amide bonds. The summed E-state index contributed by atoms with van der Waals surface area (Å²) in [5.74, 6) is 0.925. The zero-order valence-corrected chi connectivity index (χ0v) is 11.4. The summed E-state index contributed by atoms with van der Waals surface area (Å²) in [5.41, 5.74) is 6.40. The number of nitrogens with two attached hydrogens (primary N) is 1. The van der Waals surface area contributed by atoms with Crippen LogP contribution in [0.25, 0.3) is 5.65 Å². The summed E-state index contributed by atoms with van der Waals surface area (Å²) in [4.78, 5) is 7.30. The average molecular weight is 263 g/mol. The fourth-order valence-electron chi connectivity index (χ4n) is 1.83. The van der Waals surface area contributed by atoms with E-state index < -0.39 is 0 Å². The van der Waals surface area contributed by atoms with Crippen molar-refractivity contribution in [2.75, 3.05) is 11.4 Å². The summed E-state index contributed by atoms with van der Waals surface area (Å²) in [6.07, 6.45) is 4.34. The molecule has 0 atom stereocenters. The lowest BCUT2D eigenvalue weighted by Gasteiger charge is -2.27. The Balaban J connectivity index is 2.25. The van der Waals surface area contributed by atoms with Gasteiger partial charge in [-0.3, -0.25) is 0 Å². The van der Waals surface area contributed by atoms with Crippen LogP contribution >= 0.6 is 12.2 Å². The maximum absolute atomic E-state index is 5.56. The van der Waals surface area contributed by atoms with Gasteiger partial charge in [0.15, 0.2) is 5.65 Å². The number of thiocarbonyl (C=S) groups is 1. The highest BCUT2D eigenvalue weighted by atomic mass is 32.1. The van der Waals surface area contributed by atoms with E-state index in [1.165, 1.54) is 0 Å². The molecule has 0 unspecified atom stereocenters. The number of hydrogen-bond acceptors (Lipinski definition) is 4. The summed E-state index contributed by atoms with van der Waals surface area (Å²) in [7, 11) is 0. The van der Waals surface area contributed by atoms with Gasteiger partial charge in [-0.15, -0.1) is 0 Å². The van der Waals surface area contributed by atoms with Crippen molar-refractivity contribution in [2.45, 2.75) is 26.3 Å². The van der Waals surface area contributed by atoms with E-state index in [1.54, 1.807) is 10.7 Å². The summed E-state index contributed by atoms with van der Waals surface area (Å²) in [6.45, 7) is 5.04. The van der Waals surface area contributed by atoms with Gasteiger partial charge in [0.05, 0.1) is 11.2 Å². The van der Waals surface area contributed by atoms with Gasteiger partial charge in [-0.05, 0) is 19.9 Å². The molecule has 96 valence electrons. The summed E-state index contributed by atoms with van der Waals surface area (Å²) in [6, 6.07) is 4.19. The molecule has 0 radical (unpaired) electrons. The second-order valence-corrected chi connectivity index (χ2v) is 4.95. The first-order chi connectivity index (χ1) is 8.58. The lowest BCUT2D eigenvalue weighted by atomic mass is 10.2. The minimum Gasteiger partial charge on any atom is -0.393 e. The molecule has 0 aliphatic rings. The van der Waals surface area contributed by atoms with Crippen LogP contribution in [0.3, 0.4) is 0 Å². The maximum Gasteiger partial charge on any atom is 0.157 e. The van der Waals surface area contributed by atoms with Crippen LogP contribution in [0.5, 0.6) is 0 Å². The minimum absolute atomic E-state index is 0.345. The van der Waals surface area contributed by atoms with Gasteiger partial charge < -0.3 is 10.6 Å². The van der Waals surface area contributed by atoms with Crippen molar-refractivity contribution < 1.29 is 0 Å². The van der Waals surface area contributed by atoms with Gasteiger partial charge in [0.25, 0.3) is 0 Å². The molecule has 2 N–H and O–H groups in total. The number of nitrogens with zero attached hydrogens (tertiary/aromatic N) is 4. The van der Waals surface area contributed by atoms with Crippen molar-refractivity contribution in [2.24, 2.45) is 5.73 Å². The monoisotopic (exact) mass is 263 g/mol. The van der Waals surface area contributed by atoms with Crippen LogP contribution in [-0.2, 0) is 0 Å². The highest BCUT2D eigenvalue weighted by Gasteiger charge is 2.12. The molecule has 0 bridgehead atoms. The third-order valence-electron chi connectivity index (χ3n) is 2.76. The van der Waals surface area contributed by atoms with Crippen LogP contribution in [0.4, 0.5) is 5.82 Å². The highest BCUT2D eigenvalue weighted by Crippen LogP contribution is 2.15. The summed E-state index contributed by atoms with van der Waals surface area (Å²) in [5, 5.41) is 4.13. The summed E-state index contributed by atoms with van der Waals surface area (Å²) >= 11 is 4.93. The summed E-state index contributed by atoms with van der Waals surface area (Å²) < 4.78 is 1.75. The smallest absolute Gasteiger partial charge is 0.157 e. The number of rotatable bonds is 5. The number of hydrogen-bond donors (Lipinski definition) is 1. The van der Waals surface area contributed by atoms with Gasteiger partial charge >= 0.3 is 0 Å². The molecule has 0 aliphatic heterocycles. The standard InChI is InChI=1S/C12H17N5S/c1-9(2)16(7-4-10(13)18)11-5-8-17-12(15-11)3-6-14-17/h3,5-6,8-9H,4,7H2,1-2H3,(H2,13,18). The zero-order valence-electron chi connectivity index (χ0n) is 10.6. The highest BCUT2D eigenvalue weighted by molar-refractivity contribution is 7.80. The first-order valence-corrected chi connectivity index (χ1v) is 6.34. The SMILES string of the molecule is CC(C)N(CCC(N)=S)c1ccn2nccc2n1. The molecule has 2 aromatic rings. The second kappa shape index (κ2) is 5.30. The van der Waals surface area contributed by atoms with Gasteiger partial charge in [-0.2, -0.15) is 5.10 Å². The van der Waals surface area contributed by atoms with E-state index >= 15 is 0 Å². The Morgan fingerprint density at radius 1 is 1.50 bits per heavy atom. The first-order valence-electron chi connectivity index (χ1n) is 5.93. The molecule has 2 rings (SSSR count). The van der Waals surface area contributed by atoms with Gasteiger partial charge in [0.1, 0.15) is 5.82 Å². The molecular weight excluding hydrogens is 246 g/mol. The van der Waals surface area contributed by atoms with Crippen molar-refractivity contribution in [3.63, 3.8) is 0 Å². The number of aromatic nitrogens is 3. The van der Waals surface area contributed by atoms with E-state index in [0.717, 1.165) is 18.0 Å². The molecule has 0 aromatic carbocycles.